The summed E-state index contributed by atoms with van der Waals surface area (Å²) in [5, 5.41) is 13.6. The molecule has 1 aliphatic heterocycles. The highest BCUT2D eigenvalue weighted by Crippen LogP contribution is 2.15. The van der Waals surface area contributed by atoms with Crippen LogP contribution in [0.4, 0.5) is 11.5 Å². The van der Waals surface area contributed by atoms with Crippen molar-refractivity contribution >= 4 is 29.2 Å². The van der Waals surface area contributed by atoms with Crippen LogP contribution in [0.1, 0.15) is 19.3 Å². The van der Waals surface area contributed by atoms with E-state index in [1.54, 1.807) is 17.8 Å². The first kappa shape index (κ1) is 17.5. The predicted molar refractivity (Wildman–Crippen MR) is 90.2 cm³/mol. The van der Waals surface area contributed by atoms with Gasteiger partial charge in [0.05, 0.1) is 16.8 Å². The molecule has 126 valence electrons. The highest BCUT2D eigenvalue weighted by molar-refractivity contribution is 7.99. The highest BCUT2D eigenvalue weighted by Gasteiger charge is 2.23. The number of carbonyl (C=O) groups excluding carboxylic acids is 1. The molecule has 0 bridgehead atoms. The number of unbranched alkanes of at least 4 members (excludes halogenated alkanes) is 1. The van der Waals surface area contributed by atoms with Gasteiger partial charge in [0.2, 0.25) is 5.91 Å². The van der Waals surface area contributed by atoms with Crippen LogP contribution in [0.2, 0.25) is 0 Å². The molecule has 1 aromatic rings. The molecule has 2 heterocycles. The molecule has 3 N–H and O–H groups in total. The lowest BCUT2D eigenvalue weighted by molar-refractivity contribution is -0.385. The van der Waals surface area contributed by atoms with Crippen molar-refractivity contribution in [2.45, 2.75) is 25.3 Å². The van der Waals surface area contributed by atoms with Gasteiger partial charge in [0.1, 0.15) is 12.0 Å². The summed E-state index contributed by atoms with van der Waals surface area (Å²) >= 11 is 1.75. The van der Waals surface area contributed by atoms with Crippen molar-refractivity contribution in [1.82, 2.24) is 9.88 Å². The number of hydrogen-bond acceptors (Lipinski definition) is 7. The molecule has 1 saturated heterocycles. The zero-order valence-electron chi connectivity index (χ0n) is 12.8. The number of pyridine rings is 1. The maximum absolute atomic E-state index is 12.0. The minimum Gasteiger partial charge on any atom is -0.370 e. The summed E-state index contributed by atoms with van der Waals surface area (Å²) in [5.41, 5.74) is 5.91. The molecule has 1 amide bonds. The van der Waals surface area contributed by atoms with Gasteiger partial charge in [0.25, 0.3) is 5.69 Å². The van der Waals surface area contributed by atoms with Crippen molar-refractivity contribution < 1.29 is 9.72 Å². The van der Waals surface area contributed by atoms with Crippen LogP contribution in [0.5, 0.6) is 0 Å². The largest absolute Gasteiger partial charge is 0.370 e. The molecule has 1 aliphatic rings. The standard InChI is InChI=1S/C14H21N5O3S/c15-12(14(20)18-7-8-23-10-18)3-1-2-6-16-13-5-4-11(9-17-13)19(21)22/h4-5,9,12H,1-3,6-8,10,15H2,(H,16,17). The Bertz CT molecular complexity index is 534. The molecule has 2 rings (SSSR count). The number of nitrogens with one attached hydrogen (secondary N) is 1. The maximum atomic E-state index is 12.0. The first-order chi connectivity index (χ1) is 11.1. The summed E-state index contributed by atoms with van der Waals surface area (Å²) in [4.78, 5) is 27.9. The Morgan fingerprint density at radius 2 is 2.35 bits per heavy atom. The van der Waals surface area contributed by atoms with E-state index in [9.17, 15) is 14.9 Å². The van der Waals surface area contributed by atoms with Gasteiger partial charge in [-0.3, -0.25) is 14.9 Å². The second-order valence-electron chi connectivity index (χ2n) is 5.33. The summed E-state index contributed by atoms with van der Waals surface area (Å²) < 4.78 is 0. The average molecular weight is 339 g/mol. The Kier molecular flexibility index (Phi) is 6.60. The lowest BCUT2D eigenvalue weighted by atomic mass is 10.1. The lowest BCUT2D eigenvalue weighted by Crippen LogP contribution is -2.42. The molecule has 23 heavy (non-hydrogen) atoms. The van der Waals surface area contributed by atoms with Crippen LogP contribution in [0.15, 0.2) is 18.3 Å². The number of nitrogens with zero attached hydrogens (tertiary/aromatic N) is 3. The summed E-state index contributed by atoms with van der Waals surface area (Å²) in [7, 11) is 0. The molecule has 1 atom stereocenters. The van der Waals surface area contributed by atoms with E-state index in [0.29, 0.717) is 18.8 Å². The number of hydrogen-bond donors (Lipinski definition) is 2. The Balaban J connectivity index is 1.61. The van der Waals surface area contributed by atoms with E-state index in [2.05, 4.69) is 10.3 Å². The molecule has 1 fully saturated rings. The van der Waals surface area contributed by atoms with Gasteiger partial charge in [0, 0.05) is 24.9 Å². The highest BCUT2D eigenvalue weighted by atomic mass is 32.2. The zero-order valence-corrected chi connectivity index (χ0v) is 13.6. The third kappa shape index (κ3) is 5.36. The lowest BCUT2D eigenvalue weighted by Gasteiger charge is -2.19. The maximum Gasteiger partial charge on any atom is 0.287 e. The van der Waals surface area contributed by atoms with Gasteiger partial charge < -0.3 is 16.0 Å². The Labute approximate surface area is 139 Å². The number of anilines is 1. The molecule has 0 radical (unpaired) electrons. The fraction of sp³-hybridized carbons (Fsp3) is 0.571. The second kappa shape index (κ2) is 8.68. The van der Waals surface area contributed by atoms with Crippen LogP contribution in [0.25, 0.3) is 0 Å². The Morgan fingerprint density at radius 1 is 1.52 bits per heavy atom. The van der Waals surface area contributed by atoms with Crippen LogP contribution < -0.4 is 11.1 Å². The molecule has 9 heteroatoms. The Morgan fingerprint density at radius 3 is 2.96 bits per heavy atom. The van der Waals surface area contributed by atoms with Crippen LogP contribution in [-0.4, -0.2) is 51.5 Å². The monoisotopic (exact) mass is 339 g/mol. The quantitative estimate of drug-likeness (QED) is 0.418. The molecule has 0 spiro atoms. The van der Waals surface area contributed by atoms with Crippen molar-refractivity contribution in [2.24, 2.45) is 5.73 Å². The molecule has 1 unspecified atom stereocenters. The number of carbonyl (C=O) groups is 1. The number of nitro groups is 1. The van der Waals surface area contributed by atoms with E-state index in [1.807, 2.05) is 4.90 Å². The smallest absolute Gasteiger partial charge is 0.287 e. The van der Waals surface area contributed by atoms with Crippen LogP contribution in [0, 0.1) is 10.1 Å². The fourth-order valence-electron chi connectivity index (χ4n) is 2.25. The van der Waals surface area contributed by atoms with E-state index in [-0.39, 0.29) is 11.6 Å². The van der Waals surface area contributed by atoms with E-state index >= 15 is 0 Å². The van der Waals surface area contributed by atoms with Gasteiger partial charge in [0.15, 0.2) is 0 Å². The molecular weight excluding hydrogens is 318 g/mol. The van der Waals surface area contributed by atoms with Crippen LogP contribution in [0.3, 0.4) is 0 Å². The third-order valence-electron chi connectivity index (χ3n) is 3.59. The first-order valence-corrected chi connectivity index (χ1v) is 8.70. The van der Waals surface area contributed by atoms with E-state index < -0.39 is 11.0 Å². The number of rotatable bonds is 8. The zero-order chi connectivity index (χ0) is 16.7. The molecule has 0 saturated carbocycles. The minimum absolute atomic E-state index is 0.0277. The molecule has 0 aromatic carbocycles. The minimum atomic E-state index is -0.478. The van der Waals surface area contributed by atoms with Gasteiger partial charge >= 0.3 is 0 Å². The summed E-state index contributed by atoms with van der Waals surface area (Å²) in [6.45, 7) is 1.48. The topological polar surface area (TPSA) is 114 Å². The fourth-order valence-corrected chi connectivity index (χ4v) is 3.21. The second-order valence-corrected chi connectivity index (χ2v) is 6.40. The van der Waals surface area contributed by atoms with Gasteiger partial charge in [-0.1, -0.05) is 0 Å². The third-order valence-corrected chi connectivity index (χ3v) is 4.55. The van der Waals surface area contributed by atoms with Crippen LogP contribution >= 0.6 is 11.8 Å². The van der Waals surface area contributed by atoms with Crippen molar-refractivity contribution in [3.63, 3.8) is 0 Å². The van der Waals surface area contributed by atoms with Crippen LogP contribution in [-0.2, 0) is 4.79 Å². The first-order valence-electron chi connectivity index (χ1n) is 7.54. The van der Waals surface area contributed by atoms with Crippen molar-refractivity contribution in [3.05, 3.63) is 28.4 Å². The van der Waals surface area contributed by atoms with Crippen molar-refractivity contribution in [2.75, 3.05) is 30.0 Å². The van der Waals surface area contributed by atoms with Crippen molar-refractivity contribution in [1.29, 1.82) is 0 Å². The number of thioether (sulfide) groups is 1. The average Bonchev–Trinajstić information content (AvgIpc) is 3.08. The number of nitrogens with two attached hydrogens (primary N) is 1. The number of aromatic nitrogens is 1. The summed E-state index contributed by atoms with van der Waals surface area (Å²) in [6.07, 6.45) is 3.59. The van der Waals surface area contributed by atoms with Gasteiger partial charge in [-0.2, -0.15) is 0 Å². The summed E-state index contributed by atoms with van der Waals surface area (Å²) in [6, 6.07) is 2.57. The molecule has 1 aromatic heterocycles. The summed E-state index contributed by atoms with van der Waals surface area (Å²) in [5.74, 6) is 2.38. The number of amides is 1. The Hall–Kier alpha value is -1.87. The van der Waals surface area contributed by atoms with Gasteiger partial charge in [-0.25, -0.2) is 4.98 Å². The van der Waals surface area contributed by atoms with E-state index in [0.717, 1.165) is 31.0 Å². The molecular formula is C14H21N5O3S. The van der Waals surface area contributed by atoms with E-state index in [4.69, 9.17) is 5.73 Å². The van der Waals surface area contributed by atoms with Crippen molar-refractivity contribution in [3.8, 4) is 0 Å². The van der Waals surface area contributed by atoms with E-state index in [1.165, 1.54) is 12.3 Å². The normalized spacial score (nSPS) is 15.4. The SMILES string of the molecule is NC(CCCCNc1ccc([N+](=O)[O-])cn1)C(=O)N1CCSC1. The van der Waals surface area contributed by atoms with Gasteiger partial charge in [-0.05, 0) is 25.3 Å². The molecule has 0 aliphatic carbocycles. The van der Waals surface area contributed by atoms with Gasteiger partial charge in [-0.15, -0.1) is 11.8 Å². The molecule has 8 nitrogen and oxygen atoms in total. The predicted octanol–water partition coefficient (Wildman–Crippen LogP) is 1.43.